The van der Waals surface area contributed by atoms with E-state index in [9.17, 15) is 9.59 Å². The monoisotopic (exact) mass is 470 g/mol. The molecule has 1 aliphatic heterocycles. The van der Waals surface area contributed by atoms with Gasteiger partial charge in [0.15, 0.2) is 4.80 Å². The van der Waals surface area contributed by atoms with Crippen LogP contribution in [0.4, 0.5) is 0 Å². The molecule has 0 saturated heterocycles. The zero-order chi connectivity index (χ0) is 22.5. The third kappa shape index (κ3) is 3.32. The quantitative estimate of drug-likeness (QED) is 0.491. The number of hydrogen-bond donors (Lipinski definition) is 1. The topological polar surface area (TPSA) is 71.7 Å². The number of carboxylic acid groups (broad SMARTS) is 1. The smallest absolute Gasteiger partial charge is 0.335 e. The van der Waals surface area contributed by atoms with Crippen molar-refractivity contribution in [3.05, 3.63) is 118 Å². The van der Waals surface area contributed by atoms with Crippen molar-refractivity contribution in [3.8, 4) is 0 Å². The molecule has 0 fully saturated rings. The van der Waals surface area contributed by atoms with Crippen LogP contribution >= 0.6 is 22.7 Å². The summed E-state index contributed by atoms with van der Waals surface area (Å²) < 4.78 is 2.42. The molecule has 1 aliphatic carbocycles. The number of aromatic carboxylic acids is 1. The molecule has 4 aromatic rings. The van der Waals surface area contributed by atoms with Crippen molar-refractivity contribution in [1.29, 1.82) is 0 Å². The number of thiophene rings is 1. The van der Waals surface area contributed by atoms with Crippen LogP contribution in [0.15, 0.2) is 81.4 Å². The van der Waals surface area contributed by atoms with Gasteiger partial charge in [-0.25, -0.2) is 9.79 Å². The first kappa shape index (κ1) is 20.1. The molecular formula is C26H18N2O3S2. The van der Waals surface area contributed by atoms with E-state index in [4.69, 9.17) is 10.1 Å². The molecule has 7 heteroatoms. The van der Waals surface area contributed by atoms with Gasteiger partial charge in [0, 0.05) is 10.4 Å². The largest absolute Gasteiger partial charge is 0.478 e. The van der Waals surface area contributed by atoms with Gasteiger partial charge in [0.05, 0.1) is 21.8 Å². The molecule has 1 N–H and O–H groups in total. The Morgan fingerprint density at radius 2 is 1.88 bits per heavy atom. The van der Waals surface area contributed by atoms with Crippen LogP contribution in [-0.4, -0.2) is 15.6 Å². The summed E-state index contributed by atoms with van der Waals surface area (Å²) in [5.41, 5.74) is 5.58. The third-order valence-corrected chi connectivity index (χ3v) is 8.05. The van der Waals surface area contributed by atoms with Gasteiger partial charge < -0.3 is 5.11 Å². The summed E-state index contributed by atoms with van der Waals surface area (Å²) in [6.45, 7) is 0. The lowest BCUT2D eigenvalue weighted by atomic mass is 9.85. The number of nitrogens with zero attached hydrogens (tertiary/aromatic N) is 2. The Morgan fingerprint density at radius 1 is 1.06 bits per heavy atom. The van der Waals surface area contributed by atoms with Crippen LogP contribution in [0.3, 0.4) is 0 Å². The highest BCUT2D eigenvalue weighted by molar-refractivity contribution is 7.10. The molecule has 2 aromatic carbocycles. The normalized spacial score (nSPS) is 17.2. The summed E-state index contributed by atoms with van der Waals surface area (Å²) in [5, 5.41) is 11.2. The molecule has 3 heterocycles. The summed E-state index contributed by atoms with van der Waals surface area (Å²) in [5.74, 6) is -0.970. The Labute approximate surface area is 196 Å². The van der Waals surface area contributed by atoms with E-state index < -0.39 is 5.97 Å². The minimum atomic E-state index is -0.970. The van der Waals surface area contributed by atoms with Crippen molar-refractivity contribution < 1.29 is 9.90 Å². The number of hydrogen-bond acceptors (Lipinski definition) is 5. The standard InChI is InChI=1S/C26H18N2O3S2/c29-24-21(14-15-7-9-17(10-8-15)25(30)31)33-26-27-22-18-5-2-1-4-16(18)11-12-19(22)23(28(24)26)20-6-3-13-32-20/h1-10,13-14,23H,11-12H2,(H,30,31)/b21-14+/t23-/m0/s1. The number of benzene rings is 2. The maximum absolute atomic E-state index is 13.6. The fourth-order valence-corrected chi connectivity index (χ4v) is 6.44. The molecule has 0 spiro atoms. The van der Waals surface area contributed by atoms with Gasteiger partial charge in [-0.2, -0.15) is 0 Å². The number of allylic oxidation sites excluding steroid dienone is 1. The van der Waals surface area contributed by atoms with E-state index in [0.717, 1.165) is 34.5 Å². The molecular weight excluding hydrogens is 452 g/mol. The van der Waals surface area contributed by atoms with Gasteiger partial charge in [0.2, 0.25) is 0 Å². The number of fused-ring (bicyclic) bond motifs is 3. The van der Waals surface area contributed by atoms with Crippen LogP contribution in [0.5, 0.6) is 0 Å². The lowest BCUT2D eigenvalue weighted by Crippen LogP contribution is -2.38. The molecule has 1 atom stereocenters. The van der Waals surface area contributed by atoms with E-state index in [2.05, 4.69) is 24.3 Å². The molecule has 33 heavy (non-hydrogen) atoms. The van der Waals surface area contributed by atoms with E-state index in [1.807, 2.05) is 28.2 Å². The summed E-state index contributed by atoms with van der Waals surface area (Å²) in [4.78, 5) is 31.6. The Morgan fingerprint density at radius 3 is 2.64 bits per heavy atom. The first-order valence-electron chi connectivity index (χ1n) is 10.6. The van der Waals surface area contributed by atoms with Crippen LogP contribution in [0.25, 0.3) is 11.8 Å². The maximum atomic E-state index is 13.6. The predicted octanol–water partition coefficient (Wildman–Crippen LogP) is 4.08. The number of rotatable bonds is 3. The average Bonchev–Trinajstić information content (AvgIpc) is 3.47. The second kappa shape index (κ2) is 7.79. The molecule has 0 unspecified atom stereocenters. The first-order chi connectivity index (χ1) is 16.1. The maximum Gasteiger partial charge on any atom is 0.335 e. The van der Waals surface area contributed by atoms with Crippen LogP contribution in [0.1, 0.15) is 44.4 Å². The molecule has 162 valence electrons. The number of aryl methyl sites for hydroxylation is 1. The highest BCUT2D eigenvalue weighted by atomic mass is 32.1. The number of aromatic nitrogens is 1. The highest BCUT2D eigenvalue weighted by Gasteiger charge is 2.32. The van der Waals surface area contributed by atoms with Gasteiger partial charge in [-0.05, 0) is 59.2 Å². The summed E-state index contributed by atoms with van der Waals surface area (Å²) in [6.07, 6.45) is 3.63. The van der Waals surface area contributed by atoms with E-state index in [1.54, 1.807) is 35.6 Å². The molecule has 0 bridgehead atoms. The fourth-order valence-electron chi connectivity index (χ4n) is 4.59. The Balaban J connectivity index is 1.57. The summed E-state index contributed by atoms with van der Waals surface area (Å²) >= 11 is 3.04. The fraction of sp³-hybridized carbons (Fsp3) is 0.115. The first-order valence-corrected chi connectivity index (χ1v) is 12.3. The summed E-state index contributed by atoms with van der Waals surface area (Å²) in [7, 11) is 0. The zero-order valence-corrected chi connectivity index (χ0v) is 19.0. The van der Waals surface area contributed by atoms with E-state index in [1.165, 1.54) is 22.5 Å². The molecule has 0 saturated carbocycles. The minimum absolute atomic E-state index is 0.0649. The highest BCUT2D eigenvalue weighted by Crippen LogP contribution is 2.42. The van der Waals surface area contributed by atoms with E-state index in [0.29, 0.717) is 9.33 Å². The van der Waals surface area contributed by atoms with Crippen molar-refractivity contribution in [3.63, 3.8) is 0 Å². The van der Waals surface area contributed by atoms with Gasteiger partial charge in [0.25, 0.3) is 5.56 Å². The number of carbonyl (C=O) groups is 1. The lowest BCUT2D eigenvalue weighted by molar-refractivity contribution is 0.0697. The second-order valence-electron chi connectivity index (χ2n) is 8.06. The average molecular weight is 471 g/mol. The van der Waals surface area contributed by atoms with Crippen LogP contribution in [0, 0.1) is 0 Å². The van der Waals surface area contributed by atoms with Gasteiger partial charge in [-0.15, -0.1) is 11.3 Å². The SMILES string of the molecule is O=C(O)c1ccc(/C=c2/sc3n(c2=O)[C@H](c2cccs2)C2=C(N=3)c3ccccc3CC2)cc1. The molecule has 0 radical (unpaired) electrons. The van der Waals surface area contributed by atoms with Crippen LogP contribution in [-0.2, 0) is 6.42 Å². The lowest BCUT2D eigenvalue weighted by Gasteiger charge is -2.30. The summed E-state index contributed by atoms with van der Waals surface area (Å²) in [6, 6.07) is 18.9. The van der Waals surface area contributed by atoms with Crippen molar-refractivity contribution in [2.45, 2.75) is 18.9 Å². The molecule has 6 rings (SSSR count). The molecule has 2 aliphatic rings. The third-order valence-electron chi connectivity index (χ3n) is 6.14. The van der Waals surface area contributed by atoms with Crippen LogP contribution in [0.2, 0.25) is 0 Å². The van der Waals surface area contributed by atoms with Gasteiger partial charge in [-0.3, -0.25) is 9.36 Å². The Hall–Kier alpha value is -3.55. The van der Waals surface area contributed by atoms with Crippen molar-refractivity contribution in [1.82, 2.24) is 4.57 Å². The van der Waals surface area contributed by atoms with Gasteiger partial charge in [0.1, 0.15) is 0 Å². The molecule has 0 amide bonds. The van der Waals surface area contributed by atoms with Gasteiger partial charge in [-0.1, -0.05) is 53.8 Å². The molecule has 2 aromatic heterocycles. The number of carboxylic acids is 1. The second-order valence-corrected chi connectivity index (χ2v) is 10.0. The van der Waals surface area contributed by atoms with E-state index in [-0.39, 0.29) is 17.2 Å². The van der Waals surface area contributed by atoms with Crippen LogP contribution < -0.4 is 14.9 Å². The zero-order valence-electron chi connectivity index (χ0n) is 17.4. The Kier molecular flexibility index (Phi) is 4.74. The van der Waals surface area contributed by atoms with Gasteiger partial charge >= 0.3 is 5.97 Å². The Bertz CT molecular complexity index is 1610. The van der Waals surface area contributed by atoms with Crippen molar-refractivity contribution in [2.75, 3.05) is 0 Å². The van der Waals surface area contributed by atoms with Crippen molar-refractivity contribution >= 4 is 40.4 Å². The minimum Gasteiger partial charge on any atom is -0.478 e. The molecule has 5 nitrogen and oxygen atoms in total. The van der Waals surface area contributed by atoms with E-state index >= 15 is 0 Å². The predicted molar refractivity (Wildman–Crippen MR) is 130 cm³/mol. The van der Waals surface area contributed by atoms with Crippen molar-refractivity contribution in [2.24, 2.45) is 4.99 Å². The number of thiazole rings is 1.